The molecule has 3 heteroatoms. The van der Waals surface area contributed by atoms with Crippen LogP contribution in [0.15, 0.2) is 48.8 Å². The number of rotatable bonds is 3. The molecule has 0 aliphatic carbocycles. The van der Waals surface area contributed by atoms with Crippen LogP contribution >= 0.6 is 0 Å². The average molecular weight is 253 g/mol. The monoisotopic (exact) mass is 253 g/mol. The second-order valence-electron chi connectivity index (χ2n) is 4.89. The van der Waals surface area contributed by atoms with Gasteiger partial charge in [0, 0.05) is 32.0 Å². The molecule has 0 bridgehead atoms. The zero-order valence-electron chi connectivity index (χ0n) is 11.0. The van der Waals surface area contributed by atoms with Gasteiger partial charge in [0.15, 0.2) is 0 Å². The Kier molecular flexibility index (Phi) is 3.63. The quantitative estimate of drug-likeness (QED) is 0.911. The minimum Gasteiger partial charge on any atom is -0.383 e. The molecule has 2 aromatic rings. The van der Waals surface area contributed by atoms with Crippen molar-refractivity contribution in [3.8, 4) is 0 Å². The Labute approximate surface area is 114 Å². The van der Waals surface area contributed by atoms with Gasteiger partial charge in [0.25, 0.3) is 0 Å². The maximum atomic E-state index is 4.07. The number of hydrogen-bond acceptors (Lipinski definition) is 3. The number of hydrogen-bond donors (Lipinski definition) is 1. The molecular formula is C16H19N3. The Balaban J connectivity index is 1.74. The largest absolute Gasteiger partial charge is 0.383 e. The highest BCUT2D eigenvalue weighted by Gasteiger charge is 2.13. The number of aromatic nitrogens is 1. The van der Waals surface area contributed by atoms with Crippen molar-refractivity contribution in [2.75, 3.05) is 29.9 Å². The lowest BCUT2D eigenvalue weighted by molar-refractivity contribution is 0.754. The smallest absolute Gasteiger partial charge is 0.0602 e. The number of pyridine rings is 1. The molecule has 0 amide bonds. The first-order valence-corrected chi connectivity index (χ1v) is 6.90. The van der Waals surface area contributed by atoms with Gasteiger partial charge in [-0.25, -0.2) is 0 Å². The molecule has 0 fully saturated rings. The minimum absolute atomic E-state index is 1.06. The van der Waals surface area contributed by atoms with Crippen LogP contribution in [0, 0.1) is 0 Å². The van der Waals surface area contributed by atoms with Gasteiger partial charge in [-0.1, -0.05) is 12.1 Å². The molecule has 1 aliphatic heterocycles. The van der Waals surface area contributed by atoms with E-state index in [2.05, 4.69) is 51.6 Å². The maximum Gasteiger partial charge on any atom is 0.0602 e. The highest BCUT2D eigenvalue weighted by molar-refractivity contribution is 5.70. The van der Waals surface area contributed by atoms with Crippen LogP contribution in [-0.4, -0.2) is 24.6 Å². The zero-order chi connectivity index (χ0) is 12.9. The Morgan fingerprint density at radius 3 is 2.84 bits per heavy atom. The normalized spacial score (nSPS) is 14.4. The summed E-state index contributed by atoms with van der Waals surface area (Å²) < 4.78 is 0. The predicted molar refractivity (Wildman–Crippen MR) is 79.7 cm³/mol. The van der Waals surface area contributed by atoms with Crippen LogP contribution < -0.4 is 10.2 Å². The van der Waals surface area contributed by atoms with Gasteiger partial charge >= 0.3 is 0 Å². The highest BCUT2D eigenvalue weighted by atomic mass is 15.2. The second kappa shape index (κ2) is 5.74. The fourth-order valence-corrected chi connectivity index (χ4v) is 2.56. The van der Waals surface area contributed by atoms with Crippen LogP contribution in [0.5, 0.6) is 0 Å². The number of fused-ring (bicyclic) bond motifs is 1. The molecule has 1 N–H and O–H groups in total. The number of nitrogens with one attached hydrogen (secondary N) is 1. The summed E-state index contributed by atoms with van der Waals surface area (Å²) in [6.07, 6.45) is 5.99. The molecule has 0 atom stereocenters. The van der Waals surface area contributed by atoms with Crippen molar-refractivity contribution in [1.82, 2.24) is 4.98 Å². The fourth-order valence-electron chi connectivity index (χ4n) is 2.56. The van der Waals surface area contributed by atoms with Gasteiger partial charge in [-0.2, -0.15) is 0 Å². The zero-order valence-corrected chi connectivity index (χ0v) is 11.0. The first kappa shape index (κ1) is 12.0. The van der Waals surface area contributed by atoms with Crippen LogP contribution in [0.4, 0.5) is 11.4 Å². The van der Waals surface area contributed by atoms with Crippen molar-refractivity contribution in [3.05, 3.63) is 54.4 Å². The maximum absolute atomic E-state index is 4.07. The van der Waals surface area contributed by atoms with Gasteiger partial charge in [-0.05, 0) is 42.7 Å². The average Bonchev–Trinajstić information content (AvgIpc) is 2.68. The number of nitrogens with zero attached hydrogens (tertiary/aromatic N) is 2. The van der Waals surface area contributed by atoms with E-state index in [1.165, 1.54) is 23.4 Å². The van der Waals surface area contributed by atoms with Crippen LogP contribution in [0.3, 0.4) is 0 Å². The van der Waals surface area contributed by atoms with Crippen molar-refractivity contribution in [1.29, 1.82) is 0 Å². The summed E-state index contributed by atoms with van der Waals surface area (Å²) in [4.78, 5) is 6.55. The number of para-hydroxylation sites is 2. The van der Waals surface area contributed by atoms with Crippen molar-refractivity contribution in [2.24, 2.45) is 0 Å². The summed E-state index contributed by atoms with van der Waals surface area (Å²) in [5.41, 5.74) is 3.94. The molecule has 0 radical (unpaired) electrons. The molecule has 1 aromatic heterocycles. The summed E-state index contributed by atoms with van der Waals surface area (Å²) >= 11 is 0. The summed E-state index contributed by atoms with van der Waals surface area (Å²) in [6.45, 7) is 3.24. The predicted octanol–water partition coefficient (Wildman–Crippen LogP) is 2.95. The van der Waals surface area contributed by atoms with E-state index in [0.717, 1.165) is 26.1 Å². The summed E-state index contributed by atoms with van der Waals surface area (Å²) in [5, 5.41) is 3.50. The molecule has 3 rings (SSSR count). The van der Waals surface area contributed by atoms with Crippen molar-refractivity contribution >= 4 is 11.4 Å². The van der Waals surface area contributed by atoms with Crippen LogP contribution in [-0.2, 0) is 6.42 Å². The Morgan fingerprint density at radius 2 is 1.95 bits per heavy atom. The van der Waals surface area contributed by atoms with Gasteiger partial charge in [0.2, 0.25) is 0 Å². The first-order valence-electron chi connectivity index (χ1n) is 6.90. The fraction of sp³-hybridized carbons (Fsp3) is 0.312. The minimum atomic E-state index is 1.06. The van der Waals surface area contributed by atoms with Crippen LogP contribution in [0.25, 0.3) is 0 Å². The van der Waals surface area contributed by atoms with E-state index in [9.17, 15) is 0 Å². The molecule has 19 heavy (non-hydrogen) atoms. The molecule has 1 aliphatic rings. The van der Waals surface area contributed by atoms with E-state index in [4.69, 9.17) is 0 Å². The van der Waals surface area contributed by atoms with Gasteiger partial charge in [-0.3, -0.25) is 4.98 Å². The number of anilines is 2. The lowest BCUT2D eigenvalue weighted by Gasteiger charge is -2.24. The Hall–Kier alpha value is -2.03. The Morgan fingerprint density at radius 1 is 1.11 bits per heavy atom. The molecule has 98 valence electrons. The molecule has 1 aromatic carbocycles. The molecule has 2 heterocycles. The van der Waals surface area contributed by atoms with Gasteiger partial charge in [0.05, 0.1) is 11.4 Å². The molecule has 0 spiro atoms. The summed E-state index contributed by atoms with van der Waals surface area (Å²) in [7, 11) is 0. The SMILES string of the molecule is c1ccc2c(c1)NCCCN2CCc1ccncc1. The lowest BCUT2D eigenvalue weighted by atomic mass is 10.1. The van der Waals surface area contributed by atoms with Gasteiger partial charge in [0.1, 0.15) is 0 Å². The van der Waals surface area contributed by atoms with Crippen molar-refractivity contribution < 1.29 is 0 Å². The molecule has 0 unspecified atom stereocenters. The third-order valence-corrected chi connectivity index (χ3v) is 3.58. The highest BCUT2D eigenvalue weighted by Crippen LogP contribution is 2.27. The Bertz CT molecular complexity index is 525. The molecule has 3 nitrogen and oxygen atoms in total. The van der Waals surface area contributed by atoms with Gasteiger partial charge < -0.3 is 10.2 Å². The van der Waals surface area contributed by atoms with E-state index >= 15 is 0 Å². The van der Waals surface area contributed by atoms with Crippen molar-refractivity contribution in [2.45, 2.75) is 12.8 Å². The van der Waals surface area contributed by atoms with E-state index in [-0.39, 0.29) is 0 Å². The van der Waals surface area contributed by atoms with Crippen molar-refractivity contribution in [3.63, 3.8) is 0 Å². The molecule has 0 saturated heterocycles. The topological polar surface area (TPSA) is 28.2 Å². The van der Waals surface area contributed by atoms with Crippen LogP contribution in [0.2, 0.25) is 0 Å². The standard InChI is InChI=1S/C16H19N3/c1-2-5-16-15(4-1)18-9-3-12-19(16)13-8-14-6-10-17-11-7-14/h1-2,4-7,10-11,18H,3,8-9,12-13H2. The third kappa shape index (κ3) is 2.87. The molecular weight excluding hydrogens is 234 g/mol. The van der Waals surface area contributed by atoms with E-state index in [0.29, 0.717) is 0 Å². The summed E-state index contributed by atoms with van der Waals surface area (Å²) in [5.74, 6) is 0. The lowest BCUT2D eigenvalue weighted by Crippen LogP contribution is -2.26. The third-order valence-electron chi connectivity index (χ3n) is 3.58. The van der Waals surface area contributed by atoms with E-state index < -0.39 is 0 Å². The second-order valence-corrected chi connectivity index (χ2v) is 4.89. The van der Waals surface area contributed by atoms with Crippen LogP contribution in [0.1, 0.15) is 12.0 Å². The first-order chi connectivity index (χ1) is 9.43. The van der Waals surface area contributed by atoms with Gasteiger partial charge in [-0.15, -0.1) is 0 Å². The number of benzene rings is 1. The molecule has 0 saturated carbocycles. The summed E-state index contributed by atoms with van der Waals surface area (Å²) in [6, 6.07) is 12.8. The van der Waals surface area contributed by atoms with E-state index in [1.54, 1.807) is 0 Å². The van der Waals surface area contributed by atoms with E-state index in [1.807, 2.05) is 12.4 Å².